The maximum absolute atomic E-state index is 11.8. The predicted octanol–water partition coefficient (Wildman–Crippen LogP) is 2.60. The number of benzene rings is 1. The third kappa shape index (κ3) is 4.38. The van der Waals surface area contributed by atoms with Crippen LogP contribution in [0.1, 0.15) is 27.9 Å². The molecule has 0 aliphatic heterocycles. The van der Waals surface area contributed by atoms with E-state index < -0.39 is 0 Å². The molecule has 0 aliphatic carbocycles. The average molecular weight is 304 g/mol. The Labute approximate surface area is 127 Å². The number of aliphatic hydroxyl groups is 1. The Morgan fingerprint density at radius 3 is 2.67 bits per heavy atom. The maximum Gasteiger partial charge on any atom is 0.256 e. The second-order valence-electron chi connectivity index (χ2n) is 4.26. The second-order valence-corrected chi connectivity index (χ2v) is 4.61. The number of aliphatic hydroxyl groups excluding tert-OH is 1. The van der Waals surface area contributed by atoms with Gasteiger partial charge in [-0.05, 0) is 35.4 Å². The van der Waals surface area contributed by atoms with Gasteiger partial charge < -0.3 is 14.8 Å². The SMILES string of the molecule is O=C(NCc1ccc(C#CCCO)cc1)c1ccoc1Cl. The Bertz CT molecular complexity index is 665. The number of furan rings is 1. The molecule has 2 N–H and O–H groups in total. The van der Waals surface area contributed by atoms with Crippen LogP contribution in [0.2, 0.25) is 5.22 Å². The van der Waals surface area contributed by atoms with Gasteiger partial charge in [0.1, 0.15) is 0 Å². The van der Waals surface area contributed by atoms with Crippen LogP contribution >= 0.6 is 11.6 Å². The number of hydrogen-bond donors (Lipinski definition) is 2. The minimum atomic E-state index is -0.277. The van der Waals surface area contributed by atoms with Crippen molar-refractivity contribution in [3.05, 3.63) is 58.5 Å². The lowest BCUT2D eigenvalue weighted by atomic mass is 10.1. The summed E-state index contributed by atoms with van der Waals surface area (Å²) < 4.78 is 4.87. The molecule has 2 rings (SSSR count). The fourth-order valence-corrected chi connectivity index (χ4v) is 1.86. The molecule has 1 amide bonds. The summed E-state index contributed by atoms with van der Waals surface area (Å²) >= 11 is 5.74. The van der Waals surface area contributed by atoms with Gasteiger partial charge in [0, 0.05) is 18.5 Å². The molecular formula is C16H14ClNO3. The molecule has 4 nitrogen and oxygen atoms in total. The zero-order valence-electron chi connectivity index (χ0n) is 11.2. The molecule has 0 saturated carbocycles. The van der Waals surface area contributed by atoms with Gasteiger partial charge in [-0.2, -0.15) is 0 Å². The molecule has 0 unspecified atom stereocenters. The van der Waals surface area contributed by atoms with Gasteiger partial charge in [-0.3, -0.25) is 4.79 Å². The van der Waals surface area contributed by atoms with Crippen LogP contribution in [0.15, 0.2) is 41.0 Å². The fraction of sp³-hybridized carbons (Fsp3) is 0.188. The summed E-state index contributed by atoms with van der Waals surface area (Å²) in [5.41, 5.74) is 2.15. The predicted molar refractivity (Wildman–Crippen MR) is 79.9 cm³/mol. The van der Waals surface area contributed by atoms with E-state index >= 15 is 0 Å². The van der Waals surface area contributed by atoms with E-state index in [0.29, 0.717) is 18.5 Å². The number of carbonyl (C=O) groups is 1. The highest BCUT2D eigenvalue weighted by atomic mass is 35.5. The Kier molecular flexibility index (Phi) is 5.44. The summed E-state index contributed by atoms with van der Waals surface area (Å²) in [4.78, 5) is 11.8. The van der Waals surface area contributed by atoms with Crippen molar-refractivity contribution in [1.82, 2.24) is 5.32 Å². The maximum atomic E-state index is 11.8. The molecule has 2 aromatic rings. The largest absolute Gasteiger partial charge is 0.452 e. The van der Waals surface area contributed by atoms with Crippen molar-refractivity contribution in [2.75, 3.05) is 6.61 Å². The lowest BCUT2D eigenvalue weighted by Crippen LogP contribution is -2.22. The number of hydrogen-bond acceptors (Lipinski definition) is 3. The molecule has 0 radical (unpaired) electrons. The molecule has 1 aromatic heterocycles. The van der Waals surface area contributed by atoms with Crippen LogP contribution in [-0.2, 0) is 6.54 Å². The van der Waals surface area contributed by atoms with E-state index in [4.69, 9.17) is 21.1 Å². The summed E-state index contributed by atoms with van der Waals surface area (Å²) in [6.45, 7) is 0.457. The summed E-state index contributed by atoms with van der Waals surface area (Å²) in [6, 6.07) is 9.05. The molecule has 0 aliphatic rings. The van der Waals surface area contributed by atoms with Crippen LogP contribution < -0.4 is 5.32 Å². The number of amides is 1. The van der Waals surface area contributed by atoms with Crippen LogP contribution in [0.3, 0.4) is 0 Å². The van der Waals surface area contributed by atoms with E-state index in [1.54, 1.807) is 0 Å². The molecule has 0 fully saturated rings. The smallest absolute Gasteiger partial charge is 0.256 e. The van der Waals surface area contributed by atoms with Crippen LogP contribution in [0, 0.1) is 11.8 Å². The first-order chi connectivity index (χ1) is 10.2. The Morgan fingerprint density at radius 2 is 2.05 bits per heavy atom. The third-order valence-corrected chi connectivity index (χ3v) is 3.03. The van der Waals surface area contributed by atoms with Gasteiger partial charge in [-0.25, -0.2) is 0 Å². The molecule has 0 bridgehead atoms. The Hall–Kier alpha value is -2.22. The second kappa shape index (κ2) is 7.53. The molecule has 1 aromatic carbocycles. The number of carbonyl (C=O) groups excluding carboxylic acids is 1. The first-order valence-corrected chi connectivity index (χ1v) is 6.78. The highest BCUT2D eigenvalue weighted by Gasteiger charge is 2.12. The summed E-state index contributed by atoms with van der Waals surface area (Å²) in [6.07, 6.45) is 1.83. The van der Waals surface area contributed by atoms with E-state index in [9.17, 15) is 4.79 Å². The van der Waals surface area contributed by atoms with Gasteiger partial charge in [0.05, 0.1) is 18.4 Å². The van der Waals surface area contributed by atoms with Gasteiger partial charge in [-0.1, -0.05) is 24.0 Å². The van der Waals surface area contributed by atoms with Crippen molar-refractivity contribution in [1.29, 1.82) is 0 Å². The van der Waals surface area contributed by atoms with Gasteiger partial charge in [0.15, 0.2) is 0 Å². The summed E-state index contributed by atoms with van der Waals surface area (Å²) in [5, 5.41) is 11.5. The van der Waals surface area contributed by atoms with Crippen LogP contribution in [0.4, 0.5) is 0 Å². The highest BCUT2D eigenvalue weighted by molar-refractivity contribution is 6.32. The zero-order valence-corrected chi connectivity index (χ0v) is 12.0. The van der Waals surface area contributed by atoms with E-state index in [-0.39, 0.29) is 17.7 Å². The first kappa shape index (κ1) is 15.2. The van der Waals surface area contributed by atoms with Gasteiger partial charge in [0.25, 0.3) is 5.91 Å². The molecule has 0 spiro atoms. The summed E-state index contributed by atoms with van der Waals surface area (Å²) in [5.74, 6) is 5.51. The van der Waals surface area contributed by atoms with E-state index in [2.05, 4.69) is 17.2 Å². The van der Waals surface area contributed by atoms with Crippen molar-refractivity contribution >= 4 is 17.5 Å². The van der Waals surface area contributed by atoms with Crippen molar-refractivity contribution in [2.24, 2.45) is 0 Å². The van der Waals surface area contributed by atoms with Gasteiger partial charge >= 0.3 is 0 Å². The normalized spacial score (nSPS) is 9.81. The van der Waals surface area contributed by atoms with Crippen LogP contribution in [0.5, 0.6) is 0 Å². The third-order valence-electron chi connectivity index (χ3n) is 2.74. The van der Waals surface area contributed by atoms with Crippen molar-refractivity contribution < 1.29 is 14.3 Å². The Morgan fingerprint density at radius 1 is 1.29 bits per heavy atom. The van der Waals surface area contributed by atoms with E-state index in [1.807, 2.05) is 24.3 Å². The highest BCUT2D eigenvalue weighted by Crippen LogP contribution is 2.16. The Balaban J connectivity index is 1.91. The lowest BCUT2D eigenvalue weighted by molar-refractivity contribution is 0.0950. The topological polar surface area (TPSA) is 62.5 Å². The van der Waals surface area contributed by atoms with E-state index in [0.717, 1.165) is 11.1 Å². The fourth-order valence-electron chi connectivity index (χ4n) is 1.66. The van der Waals surface area contributed by atoms with Crippen molar-refractivity contribution in [3.63, 3.8) is 0 Å². The van der Waals surface area contributed by atoms with Crippen molar-refractivity contribution in [3.8, 4) is 11.8 Å². The summed E-state index contributed by atoms with van der Waals surface area (Å²) in [7, 11) is 0. The van der Waals surface area contributed by atoms with Gasteiger partial charge in [-0.15, -0.1) is 0 Å². The minimum absolute atomic E-state index is 0.0632. The standard InChI is InChI=1S/C16H14ClNO3/c17-15-14(8-10-21-15)16(20)18-11-13-6-4-12(5-7-13)3-1-2-9-19/h4-8,10,19H,2,9,11H2,(H,18,20). The monoisotopic (exact) mass is 303 g/mol. The lowest BCUT2D eigenvalue weighted by Gasteiger charge is -2.04. The quantitative estimate of drug-likeness (QED) is 0.853. The molecule has 5 heteroatoms. The van der Waals surface area contributed by atoms with Crippen LogP contribution in [0.25, 0.3) is 0 Å². The zero-order chi connectivity index (χ0) is 15.1. The first-order valence-electron chi connectivity index (χ1n) is 6.40. The molecule has 21 heavy (non-hydrogen) atoms. The molecule has 0 atom stereocenters. The number of rotatable bonds is 4. The average Bonchev–Trinajstić information content (AvgIpc) is 2.92. The van der Waals surface area contributed by atoms with Gasteiger partial charge in [0.2, 0.25) is 5.22 Å². The molecule has 108 valence electrons. The van der Waals surface area contributed by atoms with Crippen LogP contribution in [-0.4, -0.2) is 17.6 Å². The minimum Gasteiger partial charge on any atom is -0.452 e. The molecule has 0 saturated heterocycles. The molecular weight excluding hydrogens is 290 g/mol. The molecule has 1 heterocycles. The van der Waals surface area contributed by atoms with Crippen molar-refractivity contribution in [2.45, 2.75) is 13.0 Å². The van der Waals surface area contributed by atoms with E-state index in [1.165, 1.54) is 12.3 Å². The number of halogens is 1. The number of nitrogens with one attached hydrogen (secondary N) is 1.